The molecule has 53 heavy (non-hydrogen) atoms. The van der Waals surface area contributed by atoms with Gasteiger partial charge in [-0.05, 0) is 56.2 Å². The lowest BCUT2D eigenvalue weighted by atomic mass is 9.49. The molecule has 12 nitrogen and oxygen atoms in total. The zero-order valence-corrected chi connectivity index (χ0v) is 29.9. The average molecular weight is 722 g/mol. The molecule has 6 atom stereocenters. The quantitative estimate of drug-likeness (QED) is 0.126. The number of aromatic hydroxyl groups is 1. The number of carbonyl (C=O) groups is 5. The Hall–Kier alpha value is -5.65. The predicted molar refractivity (Wildman–Crippen MR) is 193 cm³/mol. The maximum atomic E-state index is 15.3. The van der Waals surface area contributed by atoms with Gasteiger partial charge in [-0.2, -0.15) is 5.01 Å². The Morgan fingerprint density at radius 3 is 2.32 bits per heavy atom. The first-order chi connectivity index (χ1) is 25.5. The molecule has 2 aliphatic heterocycles. The second kappa shape index (κ2) is 14.1. The molecule has 3 aromatic rings. The molecule has 1 saturated carbocycles. The van der Waals surface area contributed by atoms with Crippen molar-refractivity contribution in [1.29, 1.82) is 0 Å². The summed E-state index contributed by atoms with van der Waals surface area (Å²) in [7, 11) is 2.92. The number of ether oxygens (including phenoxy) is 2. The van der Waals surface area contributed by atoms with E-state index in [1.54, 1.807) is 18.2 Å². The molecule has 0 radical (unpaired) electrons. The summed E-state index contributed by atoms with van der Waals surface area (Å²) in [6.45, 7) is 2.11. The summed E-state index contributed by atoms with van der Waals surface area (Å²) in [5, 5.41) is 22.0. The molecular weight excluding hydrogens is 678 g/mol. The van der Waals surface area contributed by atoms with Crippen LogP contribution in [0.1, 0.15) is 61.1 Å². The number of phenolic OH excluding ortho intramolecular Hbond substituents is 1. The maximum Gasteiger partial charge on any atom is 0.303 e. The molecular formula is C41H43N3O9. The van der Waals surface area contributed by atoms with Gasteiger partial charge in [0.2, 0.25) is 11.8 Å². The molecule has 0 aromatic heterocycles. The van der Waals surface area contributed by atoms with Crippen LogP contribution in [0.3, 0.4) is 0 Å². The Kier molecular flexibility index (Phi) is 9.48. The largest absolute Gasteiger partial charge is 0.507 e. The second-order valence-electron chi connectivity index (χ2n) is 14.4. The van der Waals surface area contributed by atoms with E-state index < -0.39 is 52.8 Å². The normalized spacial score (nSPS) is 26.2. The number of carbonyl (C=O) groups excluding carboxylic acids is 4. The van der Waals surface area contributed by atoms with E-state index in [0.717, 1.165) is 10.6 Å². The number of hydrogen-bond acceptors (Lipinski definition) is 9. The number of carboxylic acids is 1. The van der Waals surface area contributed by atoms with Gasteiger partial charge in [0.15, 0.2) is 0 Å². The number of imide groups is 2. The summed E-state index contributed by atoms with van der Waals surface area (Å²) >= 11 is 0. The van der Waals surface area contributed by atoms with Crippen molar-refractivity contribution in [3.63, 3.8) is 0 Å². The number of phenols is 1. The molecule has 3 fully saturated rings. The van der Waals surface area contributed by atoms with Crippen molar-refractivity contribution in [3.8, 4) is 17.2 Å². The van der Waals surface area contributed by atoms with Gasteiger partial charge in [0.05, 0.1) is 43.1 Å². The first-order valence-electron chi connectivity index (χ1n) is 18.0. The molecule has 2 aliphatic carbocycles. The van der Waals surface area contributed by atoms with Crippen molar-refractivity contribution in [1.82, 2.24) is 9.91 Å². The van der Waals surface area contributed by atoms with Gasteiger partial charge in [0, 0.05) is 36.6 Å². The fourth-order valence-corrected chi connectivity index (χ4v) is 9.23. The standard InChI is InChI=1S/C41H43N3O9/c1-23-13-15-25(16-14-23)42-44-38(49)30-22-29-27(17-18-28-34(29)39(50)43(37(28)48)19-9-5-8-12-33(46)47)36(35-31(45)20-26(52-2)21-32(35)53-3)41(30,40(44)51)24-10-6-4-7-11-24/h4,6-7,10-11,13-17,20-21,28-30,34,36,42,45H,5,8-9,12,18-19,22H2,1-3H3,(H,46,47). The predicted octanol–water partition coefficient (Wildman–Crippen LogP) is 5.35. The number of hydrazine groups is 1. The van der Waals surface area contributed by atoms with Crippen molar-refractivity contribution < 1.29 is 43.7 Å². The van der Waals surface area contributed by atoms with Crippen LogP contribution in [0.4, 0.5) is 5.69 Å². The number of nitrogens with one attached hydrogen (secondary N) is 1. The second-order valence-corrected chi connectivity index (χ2v) is 14.4. The van der Waals surface area contributed by atoms with E-state index in [-0.39, 0.29) is 54.7 Å². The Bertz CT molecular complexity index is 2000. The molecule has 7 rings (SSSR count). The van der Waals surface area contributed by atoms with Gasteiger partial charge in [-0.15, -0.1) is 0 Å². The Morgan fingerprint density at radius 2 is 1.64 bits per heavy atom. The van der Waals surface area contributed by atoms with Crippen molar-refractivity contribution >= 4 is 35.3 Å². The van der Waals surface area contributed by atoms with E-state index in [2.05, 4.69) is 5.43 Å². The average Bonchev–Trinajstić information content (AvgIpc) is 3.52. The summed E-state index contributed by atoms with van der Waals surface area (Å²) in [6.07, 6.45) is 3.74. The van der Waals surface area contributed by atoms with E-state index in [1.165, 1.54) is 25.2 Å². The molecule has 2 saturated heterocycles. The lowest BCUT2D eigenvalue weighted by Crippen LogP contribution is -2.53. The van der Waals surface area contributed by atoms with Crippen LogP contribution in [-0.4, -0.2) is 70.5 Å². The van der Waals surface area contributed by atoms with E-state index in [0.29, 0.717) is 41.8 Å². The zero-order chi connectivity index (χ0) is 37.6. The van der Waals surface area contributed by atoms with E-state index in [1.807, 2.05) is 55.5 Å². The summed E-state index contributed by atoms with van der Waals surface area (Å²) in [4.78, 5) is 70.7. The summed E-state index contributed by atoms with van der Waals surface area (Å²) in [5.41, 5.74) is 4.57. The number of rotatable bonds is 12. The molecule has 0 spiro atoms. The molecule has 4 aliphatic rings. The molecule has 12 heteroatoms. The molecule has 6 unspecified atom stereocenters. The molecule has 0 bridgehead atoms. The number of carboxylic acid groups (broad SMARTS) is 1. The monoisotopic (exact) mass is 721 g/mol. The number of benzene rings is 3. The first-order valence-corrected chi connectivity index (χ1v) is 18.0. The van der Waals surface area contributed by atoms with Crippen molar-refractivity contribution in [2.45, 2.75) is 56.8 Å². The highest BCUT2D eigenvalue weighted by atomic mass is 16.5. The number of fused-ring (bicyclic) bond motifs is 4. The Balaban J connectivity index is 1.38. The minimum Gasteiger partial charge on any atom is -0.507 e. The number of likely N-dealkylation sites (tertiary alicyclic amines) is 1. The summed E-state index contributed by atoms with van der Waals surface area (Å²) in [6, 6.07) is 19.5. The first kappa shape index (κ1) is 35.7. The van der Waals surface area contributed by atoms with Gasteiger partial charge in [0.1, 0.15) is 17.2 Å². The fourth-order valence-electron chi connectivity index (χ4n) is 9.23. The van der Waals surface area contributed by atoms with E-state index >= 15 is 4.79 Å². The molecule has 3 aromatic carbocycles. The zero-order valence-electron chi connectivity index (χ0n) is 29.9. The minimum absolute atomic E-state index is 0.0125. The summed E-state index contributed by atoms with van der Waals surface area (Å²) in [5.74, 6) is -6.18. The third kappa shape index (κ3) is 5.80. The Morgan fingerprint density at radius 1 is 0.906 bits per heavy atom. The summed E-state index contributed by atoms with van der Waals surface area (Å²) < 4.78 is 11.3. The van der Waals surface area contributed by atoms with Crippen LogP contribution in [0.25, 0.3) is 0 Å². The molecule has 2 heterocycles. The minimum atomic E-state index is -1.58. The van der Waals surface area contributed by atoms with Crippen molar-refractivity contribution in [2.24, 2.45) is 23.7 Å². The van der Waals surface area contributed by atoms with Crippen molar-refractivity contribution in [3.05, 3.63) is 95.1 Å². The fraction of sp³-hybridized carbons (Fsp3) is 0.390. The number of aliphatic carboxylic acids is 1. The lowest BCUT2D eigenvalue weighted by molar-refractivity contribution is -0.141. The van der Waals surface area contributed by atoms with Crippen LogP contribution in [0.5, 0.6) is 17.2 Å². The third-order valence-corrected chi connectivity index (χ3v) is 11.6. The van der Waals surface area contributed by atoms with Crippen LogP contribution in [0, 0.1) is 30.6 Å². The van der Waals surface area contributed by atoms with Crippen LogP contribution in [0.15, 0.2) is 78.4 Å². The number of allylic oxidation sites excluding steroid dienone is 2. The highest BCUT2D eigenvalue weighted by Gasteiger charge is 2.71. The van der Waals surface area contributed by atoms with Crippen molar-refractivity contribution in [2.75, 3.05) is 26.2 Å². The Labute approximate surface area is 307 Å². The van der Waals surface area contributed by atoms with Gasteiger partial charge >= 0.3 is 5.97 Å². The third-order valence-electron chi connectivity index (χ3n) is 11.6. The number of hydrogen-bond donors (Lipinski definition) is 3. The van der Waals surface area contributed by atoms with Gasteiger partial charge < -0.3 is 19.7 Å². The SMILES string of the molecule is COc1cc(O)c(C2C3=CCC4C(=O)N(CCCCCC(=O)O)C(=O)C4C3CC3C(=O)N(Nc4ccc(C)cc4)C(=O)C32c2ccccc2)c(OC)c1. The smallest absolute Gasteiger partial charge is 0.303 e. The highest BCUT2D eigenvalue weighted by Crippen LogP contribution is 2.66. The number of anilines is 1. The number of aryl methyl sites for hydroxylation is 1. The van der Waals surface area contributed by atoms with Gasteiger partial charge in [-0.3, -0.25) is 34.3 Å². The van der Waals surface area contributed by atoms with Gasteiger partial charge in [0.25, 0.3) is 11.8 Å². The highest BCUT2D eigenvalue weighted by molar-refractivity contribution is 6.13. The lowest BCUT2D eigenvalue weighted by Gasteiger charge is -2.50. The maximum absolute atomic E-state index is 15.3. The van der Waals surface area contributed by atoms with Crippen LogP contribution < -0.4 is 14.9 Å². The molecule has 4 amide bonds. The van der Waals surface area contributed by atoms with Crippen LogP contribution >= 0.6 is 0 Å². The van der Waals surface area contributed by atoms with Gasteiger partial charge in [-0.25, -0.2) is 0 Å². The number of methoxy groups -OCH3 is 2. The topological polar surface area (TPSA) is 163 Å². The van der Waals surface area contributed by atoms with Crippen LogP contribution in [0.2, 0.25) is 0 Å². The molecule has 276 valence electrons. The van der Waals surface area contributed by atoms with Gasteiger partial charge in [-0.1, -0.05) is 66.1 Å². The number of nitrogens with zero attached hydrogens (tertiary/aromatic N) is 2. The molecule has 3 N–H and O–H groups in total. The number of unbranched alkanes of at least 4 members (excludes halogenated alkanes) is 2. The van der Waals surface area contributed by atoms with E-state index in [4.69, 9.17) is 14.6 Å². The van der Waals surface area contributed by atoms with E-state index in [9.17, 15) is 24.3 Å². The number of amides is 4. The van der Waals surface area contributed by atoms with Crippen LogP contribution in [-0.2, 0) is 29.4 Å².